The van der Waals surface area contributed by atoms with Gasteiger partial charge in [-0.25, -0.2) is 0 Å². The van der Waals surface area contributed by atoms with Gasteiger partial charge in [-0.05, 0) is 39.2 Å². The van der Waals surface area contributed by atoms with Gasteiger partial charge in [-0.1, -0.05) is 19.3 Å². The molecule has 1 saturated heterocycles. The maximum atomic E-state index is 3.68. The molecule has 1 N–H and O–H groups in total. The maximum Gasteiger partial charge on any atom is 0.0231 e. The molecule has 1 aliphatic carbocycles. The SMILES string of the molecule is CC1(C)CN(CCNCC2CCCCC2)CCS1. The highest BCUT2D eigenvalue weighted by Crippen LogP contribution is 2.29. The molecule has 0 atom stereocenters. The standard InChI is InChI=1S/C15H30N2S/c1-15(2)13-17(10-11-18-15)9-8-16-12-14-6-4-3-5-7-14/h14,16H,3-13H2,1-2H3. The Morgan fingerprint density at radius 2 is 2.00 bits per heavy atom. The third kappa shape index (κ3) is 5.10. The molecular formula is C15H30N2S. The second-order valence-corrected chi connectivity index (χ2v) is 8.39. The molecule has 0 spiro atoms. The Balaban J connectivity index is 1.54. The van der Waals surface area contributed by atoms with E-state index < -0.39 is 0 Å². The van der Waals surface area contributed by atoms with Crippen molar-refractivity contribution in [3.63, 3.8) is 0 Å². The average molecular weight is 270 g/mol. The van der Waals surface area contributed by atoms with Crippen LogP contribution < -0.4 is 5.32 Å². The zero-order valence-electron chi connectivity index (χ0n) is 12.2. The largest absolute Gasteiger partial charge is 0.315 e. The summed E-state index contributed by atoms with van der Waals surface area (Å²) in [4.78, 5) is 2.63. The van der Waals surface area contributed by atoms with Crippen molar-refractivity contribution in [2.75, 3.05) is 38.5 Å². The van der Waals surface area contributed by atoms with Gasteiger partial charge in [-0.2, -0.15) is 11.8 Å². The summed E-state index contributed by atoms with van der Waals surface area (Å²) in [5.74, 6) is 2.27. The fraction of sp³-hybridized carbons (Fsp3) is 1.00. The van der Waals surface area contributed by atoms with Crippen molar-refractivity contribution in [3.05, 3.63) is 0 Å². The zero-order valence-corrected chi connectivity index (χ0v) is 13.0. The molecule has 2 aliphatic rings. The maximum absolute atomic E-state index is 3.68. The normalized spacial score (nSPS) is 26.3. The first-order valence-corrected chi connectivity index (χ1v) is 8.71. The van der Waals surface area contributed by atoms with Crippen molar-refractivity contribution < 1.29 is 0 Å². The van der Waals surface area contributed by atoms with Crippen molar-refractivity contribution in [1.82, 2.24) is 10.2 Å². The van der Waals surface area contributed by atoms with Crippen LogP contribution in [0.3, 0.4) is 0 Å². The van der Waals surface area contributed by atoms with E-state index in [1.165, 1.54) is 70.6 Å². The van der Waals surface area contributed by atoms with Gasteiger partial charge in [0.25, 0.3) is 0 Å². The van der Waals surface area contributed by atoms with Crippen LogP contribution in [0.1, 0.15) is 46.0 Å². The van der Waals surface area contributed by atoms with Gasteiger partial charge in [-0.3, -0.25) is 4.90 Å². The quantitative estimate of drug-likeness (QED) is 0.773. The number of hydrogen-bond acceptors (Lipinski definition) is 3. The van der Waals surface area contributed by atoms with Crippen molar-refractivity contribution in [1.29, 1.82) is 0 Å². The fourth-order valence-corrected chi connectivity index (χ4v) is 4.42. The van der Waals surface area contributed by atoms with E-state index in [1.807, 2.05) is 0 Å². The summed E-state index contributed by atoms with van der Waals surface area (Å²) in [7, 11) is 0. The monoisotopic (exact) mass is 270 g/mol. The van der Waals surface area contributed by atoms with Crippen LogP contribution in [0.4, 0.5) is 0 Å². The molecular weight excluding hydrogens is 240 g/mol. The van der Waals surface area contributed by atoms with Crippen LogP contribution in [0.5, 0.6) is 0 Å². The first-order valence-electron chi connectivity index (χ1n) is 7.73. The van der Waals surface area contributed by atoms with E-state index in [1.54, 1.807) is 0 Å². The smallest absolute Gasteiger partial charge is 0.0231 e. The number of thioether (sulfide) groups is 1. The second-order valence-electron chi connectivity index (χ2n) is 6.59. The predicted molar refractivity (Wildman–Crippen MR) is 82.4 cm³/mol. The Hall–Kier alpha value is 0.270. The van der Waals surface area contributed by atoms with Gasteiger partial charge in [0.05, 0.1) is 0 Å². The minimum atomic E-state index is 0.460. The van der Waals surface area contributed by atoms with Crippen LogP contribution in [0.2, 0.25) is 0 Å². The Labute approximate surface area is 117 Å². The van der Waals surface area contributed by atoms with E-state index in [2.05, 4.69) is 35.8 Å². The minimum absolute atomic E-state index is 0.460. The highest BCUT2D eigenvalue weighted by Gasteiger charge is 2.26. The summed E-state index contributed by atoms with van der Waals surface area (Å²) in [5.41, 5.74) is 0. The summed E-state index contributed by atoms with van der Waals surface area (Å²) in [6.45, 7) is 10.9. The predicted octanol–water partition coefficient (Wildman–Crippen LogP) is 2.98. The van der Waals surface area contributed by atoms with E-state index >= 15 is 0 Å². The zero-order chi connectivity index (χ0) is 12.8. The van der Waals surface area contributed by atoms with Gasteiger partial charge in [0, 0.05) is 36.7 Å². The lowest BCUT2D eigenvalue weighted by molar-refractivity contribution is 0.254. The molecule has 18 heavy (non-hydrogen) atoms. The Kier molecular flexibility index (Phi) is 5.84. The summed E-state index contributed by atoms with van der Waals surface area (Å²) < 4.78 is 0.460. The van der Waals surface area contributed by atoms with E-state index in [4.69, 9.17) is 0 Å². The number of nitrogens with zero attached hydrogens (tertiary/aromatic N) is 1. The molecule has 0 aromatic carbocycles. The lowest BCUT2D eigenvalue weighted by atomic mass is 9.89. The third-order valence-electron chi connectivity index (χ3n) is 4.27. The highest BCUT2D eigenvalue weighted by atomic mass is 32.2. The van der Waals surface area contributed by atoms with Gasteiger partial charge in [0.1, 0.15) is 0 Å². The van der Waals surface area contributed by atoms with E-state index in [-0.39, 0.29) is 0 Å². The fourth-order valence-electron chi connectivity index (χ4n) is 3.24. The topological polar surface area (TPSA) is 15.3 Å². The third-order valence-corrected chi connectivity index (χ3v) is 5.56. The Bertz CT molecular complexity index is 237. The van der Waals surface area contributed by atoms with Crippen LogP contribution in [0.15, 0.2) is 0 Å². The molecule has 1 saturated carbocycles. The second kappa shape index (κ2) is 7.16. The number of rotatable bonds is 5. The molecule has 106 valence electrons. The molecule has 0 unspecified atom stereocenters. The molecule has 2 nitrogen and oxygen atoms in total. The number of hydrogen-bond donors (Lipinski definition) is 1. The first-order chi connectivity index (χ1) is 8.66. The molecule has 3 heteroatoms. The molecule has 0 aromatic heterocycles. The average Bonchev–Trinajstić information content (AvgIpc) is 2.35. The number of nitrogens with one attached hydrogen (secondary N) is 1. The summed E-state index contributed by atoms with van der Waals surface area (Å²) in [6, 6.07) is 0. The Morgan fingerprint density at radius 1 is 1.22 bits per heavy atom. The van der Waals surface area contributed by atoms with Crippen molar-refractivity contribution in [2.45, 2.75) is 50.7 Å². The van der Waals surface area contributed by atoms with Gasteiger partial charge < -0.3 is 5.32 Å². The van der Waals surface area contributed by atoms with E-state index in [0.717, 1.165) is 5.92 Å². The Morgan fingerprint density at radius 3 is 2.72 bits per heavy atom. The van der Waals surface area contributed by atoms with Gasteiger partial charge in [-0.15, -0.1) is 0 Å². The molecule has 1 heterocycles. The molecule has 0 amide bonds. The lowest BCUT2D eigenvalue weighted by Crippen LogP contribution is -2.45. The summed E-state index contributed by atoms with van der Waals surface area (Å²) >= 11 is 2.12. The molecule has 0 aromatic rings. The molecule has 2 rings (SSSR count). The van der Waals surface area contributed by atoms with Crippen molar-refractivity contribution in [2.24, 2.45) is 5.92 Å². The van der Waals surface area contributed by atoms with Crippen LogP contribution in [0.25, 0.3) is 0 Å². The summed E-state index contributed by atoms with van der Waals surface area (Å²) in [6.07, 6.45) is 7.31. The van der Waals surface area contributed by atoms with Crippen LogP contribution >= 0.6 is 11.8 Å². The first kappa shape index (κ1) is 14.7. The van der Waals surface area contributed by atoms with E-state index in [0.29, 0.717) is 4.75 Å². The van der Waals surface area contributed by atoms with Crippen LogP contribution in [-0.2, 0) is 0 Å². The lowest BCUT2D eigenvalue weighted by Gasteiger charge is -2.37. The molecule has 1 aliphatic heterocycles. The minimum Gasteiger partial charge on any atom is -0.315 e. The van der Waals surface area contributed by atoms with Gasteiger partial charge in [0.2, 0.25) is 0 Å². The van der Waals surface area contributed by atoms with Crippen LogP contribution in [0, 0.1) is 5.92 Å². The van der Waals surface area contributed by atoms with Crippen molar-refractivity contribution >= 4 is 11.8 Å². The molecule has 0 radical (unpaired) electrons. The van der Waals surface area contributed by atoms with Crippen LogP contribution in [-0.4, -0.2) is 48.1 Å². The van der Waals surface area contributed by atoms with Crippen molar-refractivity contribution in [3.8, 4) is 0 Å². The molecule has 2 fully saturated rings. The van der Waals surface area contributed by atoms with E-state index in [9.17, 15) is 0 Å². The molecule has 0 bridgehead atoms. The highest BCUT2D eigenvalue weighted by molar-refractivity contribution is 8.00. The van der Waals surface area contributed by atoms with Gasteiger partial charge >= 0.3 is 0 Å². The van der Waals surface area contributed by atoms with Gasteiger partial charge in [0.15, 0.2) is 0 Å². The summed E-state index contributed by atoms with van der Waals surface area (Å²) in [5, 5.41) is 3.68.